The molecule has 24 heavy (non-hydrogen) atoms. The Bertz CT molecular complexity index is 758. The molecule has 0 heterocycles. The molecule has 0 aliphatic carbocycles. The molecule has 0 bridgehead atoms. The number of nitro groups is 1. The topological polar surface area (TPSA) is 84.3 Å². The summed E-state index contributed by atoms with van der Waals surface area (Å²) in [6, 6.07) is 9.77. The first-order chi connectivity index (χ1) is 11.4. The Morgan fingerprint density at radius 1 is 1.21 bits per heavy atom. The van der Waals surface area contributed by atoms with Crippen molar-refractivity contribution in [2.45, 2.75) is 6.42 Å². The normalized spacial score (nSPS) is 10.3. The number of nitrogens with one attached hydrogen (secondary N) is 2. The van der Waals surface area contributed by atoms with Crippen molar-refractivity contribution in [3.63, 3.8) is 0 Å². The van der Waals surface area contributed by atoms with Gasteiger partial charge in [0.05, 0.1) is 20.7 Å². The maximum atomic E-state index is 11.6. The lowest BCUT2D eigenvalue weighted by Crippen LogP contribution is -2.18. The number of nitro benzene ring substituents is 1. The number of halogens is 2. The van der Waals surface area contributed by atoms with Gasteiger partial charge in [0.15, 0.2) is 0 Å². The highest BCUT2D eigenvalue weighted by Crippen LogP contribution is 2.34. The van der Waals surface area contributed by atoms with E-state index < -0.39 is 4.92 Å². The number of carbonyl (C=O) groups excluding carboxylic acids is 1. The number of amides is 1. The molecular weight excluding hydrogens is 353 g/mol. The number of nitrogens with zero attached hydrogens (tertiary/aromatic N) is 1. The lowest BCUT2D eigenvalue weighted by Gasteiger charge is -2.11. The fourth-order valence-corrected chi connectivity index (χ4v) is 2.79. The van der Waals surface area contributed by atoms with Gasteiger partial charge < -0.3 is 10.6 Å². The molecule has 8 heteroatoms. The molecular formula is C16H15Cl2N3O3. The van der Waals surface area contributed by atoms with E-state index in [4.69, 9.17) is 23.2 Å². The van der Waals surface area contributed by atoms with Crippen molar-refractivity contribution < 1.29 is 9.72 Å². The van der Waals surface area contributed by atoms with E-state index in [-0.39, 0.29) is 21.6 Å². The Morgan fingerprint density at radius 2 is 1.88 bits per heavy atom. The smallest absolute Gasteiger partial charge is 0.272 e. The molecule has 0 aliphatic heterocycles. The Morgan fingerprint density at radius 3 is 2.46 bits per heavy atom. The van der Waals surface area contributed by atoms with Gasteiger partial charge in [0.25, 0.3) is 11.6 Å². The summed E-state index contributed by atoms with van der Waals surface area (Å²) in [6.45, 7) is 0.508. The van der Waals surface area contributed by atoms with E-state index in [2.05, 4.69) is 10.6 Å². The van der Waals surface area contributed by atoms with Crippen LogP contribution in [0.5, 0.6) is 0 Å². The summed E-state index contributed by atoms with van der Waals surface area (Å²) in [5, 5.41) is 16.8. The Kier molecular flexibility index (Phi) is 6.00. The van der Waals surface area contributed by atoms with Crippen molar-refractivity contribution in [3.8, 4) is 0 Å². The van der Waals surface area contributed by atoms with Crippen LogP contribution >= 0.6 is 23.2 Å². The predicted octanol–water partition coefficient (Wildman–Crippen LogP) is 3.92. The fraction of sp³-hybridized carbons (Fsp3) is 0.188. The van der Waals surface area contributed by atoms with Crippen LogP contribution < -0.4 is 10.6 Å². The Balaban J connectivity index is 2.05. The molecule has 0 saturated heterocycles. The summed E-state index contributed by atoms with van der Waals surface area (Å²) in [5.41, 5.74) is 1.85. The molecule has 0 saturated carbocycles. The van der Waals surface area contributed by atoms with E-state index in [0.29, 0.717) is 24.2 Å². The second kappa shape index (κ2) is 7.99. The van der Waals surface area contributed by atoms with Crippen LogP contribution in [0.15, 0.2) is 36.4 Å². The molecule has 6 nitrogen and oxygen atoms in total. The Labute approximate surface area is 148 Å². The Hall–Kier alpha value is -2.31. The number of anilines is 1. The van der Waals surface area contributed by atoms with Crippen molar-refractivity contribution in [2.75, 3.05) is 18.9 Å². The molecule has 0 atom stereocenters. The first-order valence-corrected chi connectivity index (χ1v) is 7.86. The van der Waals surface area contributed by atoms with Crippen molar-refractivity contribution in [1.29, 1.82) is 0 Å². The molecule has 2 aromatic carbocycles. The highest BCUT2D eigenvalue weighted by molar-refractivity contribution is 6.39. The summed E-state index contributed by atoms with van der Waals surface area (Å²) in [5.74, 6) is -0.147. The van der Waals surface area contributed by atoms with E-state index in [1.807, 2.05) is 12.1 Å². The highest BCUT2D eigenvalue weighted by Gasteiger charge is 2.14. The van der Waals surface area contributed by atoms with E-state index in [1.165, 1.54) is 12.1 Å². The van der Waals surface area contributed by atoms with Crippen LogP contribution in [0, 0.1) is 10.1 Å². The van der Waals surface area contributed by atoms with E-state index in [1.54, 1.807) is 19.2 Å². The molecule has 2 N–H and O–H groups in total. The molecule has 2 rings (SSSR count). The van der Waals surface area contributed by atoms with E-state index in [9.17, 15) is 14.9 Å². The highest BCUT2D eigenvalue weighted by atomic mass is 35.5. The first kappa shape index (κ1) is 18.0. The zero-order valence-corrected chi connectivity index (χ0v) is 14.3. The minimum atomic E-state index is -0.550. The minimum absolute atomic E-state index is 0.147. The lowest BCUT2D eigenvalue weighted by atomic mass is 10.1. The van der Waals surface area contributed by atoms with E-state index >= 15 is 0 Å². The van der Waals surface area contributed by atoms with Crippen LogP contribution in [0.2, 0.25) is 10.0 Å². The summed E-state index contributed by atoms with van der Waals surface area (Å²) in [4.78, 5) is 21.8. The zero-order chi connectivity index (χ0) is 17.7. The van der Waals surface area contributed by atoms with Gasteiger partial charge in [-0.1, -0.05) is 35.3 Å². The first-order valence-electron chi connectivity index (χ1n) is 7.10. The van der Waals surface area contributed by atoms with Gasteiger partial charge >= 0.3 is 0 Å². The van der Waals surface area contributed by atoms with Gasteiger partial charge in [-0.3, -0.25) is 14.9 Å². The predicted molar refractivity (Wildman–Crippen MR) is 95.1 cm³/mol. The van der Waals surface area contributed by atoms with Crippen LogP contribution in [-0.2, 0) is 6.42 Å². The van der Waals surface area contributed by atoms with Gasteiger partial charge in [0.1, 0.15) is 0 Å². The zero-order valence-electron chi connectivity index (χ0n) is 12.8. The molecule has 0 aliphatic rings. The average molecular weight is 368 g/mol. The van der Waals surface area contributed by atoms with Crippen LogP contribution in [-0.4, -0.2) is 24.4 Å². The van der Waals surface area contributed by atoms with Crippen LogP contribution in [0.3, 0.4) is 0 Å². The van der Waals surface area contributed by atoms with Crippen LogP contribution in [0.1, 0.15) is 15.9 Å². The number of rotatable bonds is 6. The average Bonchev–Trinajstić information content (AvgIpc) is 2.56. The molecule has 126 valence electrons. The lowest BCUT2D eigenvalue weighted by molar-refractivity contribution is -0.384. The van der Waals surface area contributed by atoms with Crippen molar-refractivity contribution in [3.05, 3.63) is 67.7 Å². The number of benzene rings is 2. The summed E-state index contributed by atoms with van der Waals surface area (Å²) in [6.07, 6.45) is 0.633. The van der Waals surface area contributed by atoms with E-state index in [0.717, 1.165) is 5.56 Å². The number of hydrogen-bond donors (Lipinski definition) is 2. The molecule has 0 fully saturated rings. The molecule has 0 aromatic heterocycles. The van der Waals surface area contributed by atoms with Gasteiger partial charge in [-0.25, -0.2) is 0 Å². The van der Waals surface area contributed by atoms with Crippen molar-refractivity contribution in [2.24, 2.45) is 0 Å². The number of hydrogen-bond acceptors (Lipinski definition) is 4. The second-order valence-corrected chi connectivity index (χ2v) is 5.81. The minimum Gasteiger partial charge on any atom is -0.382 e. The molecule has 1 amide bonds. The van der Waals surface area contributed by atoms with Gasteiger partial charge in [0, 0.05) is 31.3 Å². The van der Waals surface area contributed by atoms with Gasteiger partial charge in [0.2, 0.25) is 0 Å². The molecule has 0 unspecified atom stereocenters. The number of carbonyl (C=O) groups is 1. The van der Waals surface area contributed by atoms with Gasteiger partial charge in [-0.05, 0) is 24.1 Å². The molecule has 0 spiro atoms. The molecule has 0 radical (unpaired) electrons. The third kappa shape index (κ3) is 4.37. The number of non-ortho nitro benzene ring substituents is 1. The molecule has 2 aromatic rings. The second-order valence-electron chi connectivity index (χ2n) is 5.00. The quantitative estimate of drug-likeness (QED) is 0.598. The SMILES string of the molecule is CNC(=O)c1cccc(CCNc2c(Cl)cc([N+](=O)[O-])cc2Cl)c1. The third-order valence-corrected chi connectivity index (χ3v) is 3.97. The monoisotopic (exact) mass is 367 g/mol. The summed E-state index contributed by atoms with van der Waals surface area (Å²) < 4.78 is 0. The van der Waals surface area contributed by atoms with Crippen LogP contribution in [0.4, 0.5) is 11.4 Å². The van der Waals surface area contributed by atoms with Gasteiger partial charge in [-0.15, -0.1) is 0 Å². The maximum Gasteiger partial charge on any atom is 0.272 e. The van der Waals surface area contributed by atoms with Crippen molar-refractivity contribution in [1.82, 2.24) is 5.32 Å². The largest absolute Gasteiger partial charge is 0.382 e. The maximum absolute atomic E-state index is 11.6. The summed E-state index contributed by atoms with van der Waals surface area (Å²) in [7, 11) is 1.58. The standard InChI is InChI=1S/C16H15Cl2N3O3/c1-19-16(22)11-4-2-3-10(7-11)5-6-20-15-13(17)8-12(21(23)24)9-14(15)18/h2-4,7-9,20H,5-6H2,1H3,(H,19,22). The van der Waals surface area contributed by atoms with Crippen LogP contribution in [0.25, 0.3) is 0 Å². The summed E-state index contributed by atoms with van der Waals surface area (Å²) >= 11 is 12.1. The third-order valence-electron chi connectivity index (χ3n) is 3.37. The van der Waals surface area contributed by atoms with Gasteiger partial charge in [-0.2, -0.15) is 0 Å². The fourth-order valence-electron chi connectivity index (χ4n) is 2.18. The van der Waals surface area contributed by atoms with Crippen molar-refractivity contribution >= 4 is 40.5 Å².